The molecule has 1 fully saturated rings. The lowest BCUT2D eigenvalue weighted by Gasteiger charge is -2.30. The fraction of sp³-hybridized carbons (Fsp3) is 0.400. The van der Waals surface area contributed by atoms with E-state index in [-0.39, 0.29) is 0 Å². The molecule has 100 valence electrons. The molecule has 1 aromatic heterocycles. The highest BCUT2D eigenvalue weighted by atomic mass is 32.2. The number of thioether (sulfide) groups is 1. The zero-order valence-corrected chi connectivity index (χ0v) is 11.8. The van der Waals surface area contributed by atoms with Gasteiger partial charge in [0.1, 0.15) is 0 Å². The molecule has 1 aliphatic heterocycles. The summed E-state index contributed by atoms with van der Waals surface area (Å²) in [4.78, 5) is 3.94. The Morgan fingerprint density at radius 3 is 2.84 bits per heavy atom. The summed E-state index contributed by atoms with van der Waals surface area (Å²) in [5.41, 5.74) is 2.25. The number of nitrogens with one attached hydrogen (secondary N) is 1. The first-order valence-corrected chi connectivity index (χ1v) is 7.75. The number of nitrogens with zero attached hydrogens (tertiary/aromatic N) is 1. The Bertz CT molecular complexity index is 509. The van der Waals surface area contributed by atoms with Gasteiger partial charge in [-0.2, -0.15) is 11.8 Å². The number of benzene rings is 1. The van der Waals surface area contributed by atoms with Crippen LogP contribution in [0.25, 0.3) is 11.3 Å². The molecular formula is C15H18N2OS. The molecule has 2 unspecified atom stereocenters. The molecule has 0 radical (unpaired) electrons. The van der Waals surface area contributed by atoms with Crippen molar-refractivity contribution in [3.05, 3.63) is 36.9 Å². The van der Waals surface area contributed by atoms with Crippen molar-refractivity contribution in [1.82, 2.24) is 4.98 Å². The van der Waals surface area contributed by atoms with Crippen molar-refractivity contribution in [3.8, 4) is 11.3 Å². The number of hydrogen-bond donors (Lipinski definition) is 1. The Morgan fingerprint density at radius 2 is 2.16 bits per heavy atom. The smallest absolute Gasteiger partial charge is 0.181 e. The number of aromatic nitrogens is 1. The summed E-state index contributed by atoms with van der Waals surface area (Å²) in [6.07, 6.45) is 5.77. The van der Waals surface area contributed by atoms with Crippen LogP contribution in [0.4, 0.5) is 5.69 Å². The molecule has 1 aliphatic rings. The zero-order chi connectivity index (χ0) is 13.1. The minimum Gasteiger partial charge on any atom is -0.444 e. The summed E-state index contributed by atoms with van der Waals surface area (Å²) in [6.45, 7) is 2.31. The lowest BCUT2D eigenvalue weighted by molar-refractivity contribution is 0.572. The highest BCUT2D eigenvalue weighted by Crippen LogP contribution is 2.28. The molecular weight excluding hydrogens is 256 g/mol. The van der Waals surface area contributed by atoms with Crippen molar-refractivity contribution in [3.63, 3.8) is 0 Å². The molecule has 2 atom stereocenters. The molecule has 2 heterocycles. The Labute approximate surface area is 117 Å². The van der Waals surface area contributed by atoms with Gasteiger partial charge in [-0.05, 0) is 42.9 Å². The summed E-state index contributed by atoms with van der Waals surface area (Å²) in [7, 11) is 0. The van der Waals surface area contributed by atoms with Gasteiger partial charge in [0.05, 0.1) is 6.20 Å². The van der Waals surface area contributed by atoms with Crippen molar-refractivity contribution in [2.75, 3.05) is 11.1 Å². The van der Waals surface area contributed by atoms with Gasteiger partial charge in [-0.1, -0.05) is 6.92 Å². The van der Waals surface area contributed by atoms with Gasteiger partial charge in [0.15, 0.2) is 12.2 Å². The van der Waals surface area contributed by atoms with Gasteiger partial charge < -0.3 is 9.73 Å². The normalized spacial score (nSPS) is 23.2. The Balaban J connectivity index is 1.69. The van der Waals surface area contributed by atoms with Crippen molar-refractivity contribution >= 4 is 17.4 Å². The second-order valence-corrected chi connectivity index (χ2v) is 6.40. The standard InChI is InChI=1S/C15H18N2OS/c1-11-14(3-2-8-19-11)17-13-6-4-12(5-7-13)15-9-16-10-18-15/h4-7,9-11,14,17H,2-3,8H2,1H3. The SMILES string of the molecule is CC1SCCCC1Nc1ccc(-c2cnco2)cc1. The first kappa shape index (κ1) is 12.6. The Hall–Kier alpha value is -1.42. The third kappa shape index (κ3) is 2.95. The van der Waals surface area contributed by atoms with Crippen molar-refractivity contribution in [2.45, 2.75) is 31.1 Å². The van der Waals surface area contributed by atoms with Crippen LogP contribution in [0.2, 0.25) is 0 Å². The predicted molar refractivity (Wildman–Crippen MR) is 80.5 cm³/mol. The van der Waals surface area contributed by atoms with E-state index in [9.17, 15) is 0 Å². The van der Waals surface area contributed by atoms with E-state index in [1.54, 1.807) is 6.20 Å². The van der Waals surface area contributed by atoms with E-state index in [2.05, 4.69) is 53.3 Å². The van der Waals surface area contributed by atoms with Crippen LogP contribution in [0.3, 0.4) is 0 Å². The maximum Gasteiger partial charge on any atom is 0.181 e. The maximum atomic E-state index is 5.29. The molecule has 0 spiro atoms. The average molecular weight is 274 g/mol. The summed E-state index contributed by atoms with van der Waals surface area (Å²) >= 11 is 2.06. The minimum absolute atomic E-state index is 0.579. The van der Waals surface area contributed by atoms with Crippen molar-refractivity contribution in [2.24, 2.45) is 0 Å². The average Bonchev–Trinajstić information content (AvgIpc) is 2.96. The predicted octanol–water partition coefficient (Wildman–Crippen LogP) is 4.04. The van der Waals surface area contributed by atoms with Crippen LogP contribution < -0.4 is 5.32 Å². The monoisotopic (exact) mass is 274 g/mol. The van der Waals surface area contributed by atoms with Crippen LogP contribution in [0.5, 0.6) is 0 Å². The summed E-state index contributed by atoms with van der Waals surface area (Å²) in [6, 6.07) is 8.95. The number of rotatable bonds is 3. The Kier molecular flexibility index (Phi) is 3.78. The van der Waals surface area contributed by atoms with Crippen molar-refractivity contribution < 1.29 is 4.42 Å². The fourth-order valence-corrected chi connectivity index (χ4v) is 3.56. The molecule has 3 rings (SSSR count). The molecule has 1 aromatic carbocycles. The van der Waals surface area contributed by atoms with E-state index in [4.69, 9.17) is 4.42 Å². The van der Waals surface area contributed by atoms with Crippen LogP contribution in [0, 0.1) is 0 Å². The zero-order valence-electron chi connectivity index (χ0n) is 11.0. The summed E-state index contributed by atoms with van der Waals surface area (Å²) in [5.74, 6) is 2.11. The lowest BCUT2D eigenvalue weighted by atomic mass is 10.1. The van der Waals surface area contributed by atoms with E-state index in [0.717, 1.165) is 11.3 Å². The summed E-state index contributed by atoms with van der Waals surface area (Å²) < 4.78 is 5.29. The third-order valence-corrected chi connectivity index (χ3v) is 4.94. The topological polar surface area (TPSA) is 38.1 Å². The molecule has 1 N–H and O–H groups in total. The molecule has 4 heteroatoms. The molecule has 0 bridgehead atoms. The molecule has 19 heavy (non-hydrogen) atoms. The third-order valence-electron chi connectivity index (χ3n) is 3.56. The van der Waals surface area contributed by atoms with Gasteiger partial charge >= 0.3 is 0 Å². The van der Waals surface area contributed by atoms with Gasteiger partial charge in [0, 0.05) is 22.5 Å². The number of hydrogen-bond acceptors (Lipinski definition) is 4. The quantitative estimate of drug-likeness (QED) is 0.916. The van der Waals surface area contributed by atoms with Crippen LogP contribution in [0.1, 0.15) is 19.8 Å². The molecule has 1 saturated heterocycles. The van der Waals surface area contributed by atoms with Gasteiger partial charge in [0.25, 0.3) is 0 Å². The van der Waals surface area contributed by atoms with Gasteiger partial charge in [-0.25, -0.2) is 4.98 Å². The number of oxazole rings is 1. The molecule has 3 nitrogen and oxygen atoms in total. The fourth-order valence-electron chi connectivity index (χ4n) is 2.42. The van der Waals surface area contributed by atoms with Gasteiger partial charge in [-0.15, -0.1) is 0 Å². The van der Waals surface area contributed by atoms with E-state index in [1.807, 2.05) is 0 Å². The largest absolute Gasteiger partial charge is 0.444 e. The van der Waals surface area contributed by atoms with Crippen LogP contribution in [-0.2, 0) is 0 Å². The summed E-state index contributed by atoms with van der Waals surface area (Å²) in [5, 5.41) is 4.32. The van der Waals surface area contributed by atoms with Gasteiger partial charge in [-0.3, -0.25) is 0 Å². The number of anilines is 1. The van der Waals surface area contributed by atoms with Crippen LogP contribution in [0.15, 0.2) is 41.3 Å². The van der Waals surface area contributed by atoms with E-state index in [1.165, 1.54) is 30.7 Å². The second kappa shape index (κ2) is 5.70. The van der Waals surface area contributed by atoms with E-state index < -0.39 is 0 Å². The first-order chi connectivity index (χ1) is 9.33. The Morgan fingerprint density at radius 1 is 1.32 bits per heavy atom. The highest BCUT2D eigenvalue weighted by Gasteiger charge is 2.21. The van der Waals surface area contributed by atoms with Crippen LogP contribution >= 0.6 is 11.8 Å². The highest BCUT2D eigenvalue weighted by molar-refractivity contribution is 8.00. The van der Waals surface area contributed by atoms with Crippen molar-refractivity contribution in [1.29, 1.82) is 0 Å². The van der Waals surface area contributed by atoms with E-state index in [0.29, 0.717) is 11.3 Å². The molecule has 2 aromatic rings. The lowest BCUT2D eigenvalue weighted by Crippen LogP contribution is -2.32. The van der Waals surface area contributed by atoms with Crippen LogP contribution in [-0.4, -0.2) is 22.0 Å². The molecule has 0 saturated carbocycles. The molecule has 0 amide bonds. The maximum absolute atomic E-state index is 5.29. The first-order valence-electron chi connectivity index (χ1n) is 6.70. The van der Waals surface area contributed by atoms with E-state index >= 15 is 0 Å². The molecule has 0 aliphatic carbocycles. The second-order valence-electron chi connectivity index (χ2n) is 4.91. The van der Waals surface area contributed by atoms with Gasteiger partial charge in [0.2, 0.25) is 0 Å². The minimum atomic E-state index is 0.579.